The number of halogens is 1. The van der Waals surface area contributed by atoms with Crippen molar-refractivity contribution in [2.45, 2.75) is 60.1 Å². The first-order chi connectivity index (χ1) is 10.8. The second-order valence-corrected chi connectivity index (χ2v) is 6.39. The van der Waals surface area contributed by atoms with E-state index in [9.17, 15) is 30.6 Å². The van der Waals surface area contributed by atoms with E-state index in [1.807, 2.05) is 0 Å². The molecule has 0 aromatic carbocycles. The van der Waals surface area contributed by atoms with Gasteiger partial charge < -0.3 is 50.0 Å². The maximum atomic E-state index is 10.1. The van der Waals surface area contributed by atoms with Gasteiger partial charge in [-0.05, 0) is 0 Å². The van der Waals surface area contributed by atoms with Crippen LogP contribution in [0.3, 0.4) is 0 Å². The van der Waals surface area contributed by atoms with Gasteiger partial charge in [0.1, 0.15) is 53.8 Å². The molecule has 136 valence electrons. The Bertz CT molecular complexity index is 383. The van der Waals surface area contributed by atoms with Crippen LogP contribution >= 0.6 is 15.9 Å². The van der Waals surface area contributed by atoms with Crippen molar-refractivity contribution in [3.05, 3.63) is 0 Å². The lowest BCUT2D eigenvalue weighted by molar-refractivity contribution is -0.337. The largest absolute Gasteiger partial charge is 0.394 e. The van der Waals surface area contributed by atoms with Crippen molar-refractivity contribution in [2.75, 3.05) is 13.2 Å². The van der Waals surface area contributed by atoms with Crippen LogP contribution in [0.2, 0.25) is 0 Å². The maximum Gasteiger partial charge on any atom is 0.187 e. The number of aliphatic hydroxyl groups is 7. The van der Waals surface area contributed by atoms with Gasteiger partial charge in [0.15, 0.2) is 6.29 Å². The van der Waals surface area contributed by atoms with Crippen molar-refractivity contribution in [3.63, 3.8) is 0 Å². The standard InChI is InChI=1S/C12H21BrO10/c13-11-8(19)7(18)10(4(2-15)21-11)23-12-9(20)6(17)5(16)3(1-14)22-12/h3-12,14-20H,1-2H2/t3-,4-,5+,6+,7-,8-,9-,10-,11?,12+/m1/s1. The van der Waals surface area contributed by atoms with Crippen molar-refractivity contribution >= 4 is 15.9 Å². The summed E-state index contributed by atoms with van der Waals surface area (Å²) in [6, 6.07) is 0. The SMILES string of the molecule is OC[C@H]1O[C@@H](O[C@H]2[C@H](O)[C@@H](O)C(Br)O[C@@H]2CO)[C@H](O)[C@@H](O)[C@H]1O. The van der Waals surface area contributed by atoms with Crippen LogP contribution in [0.1, 0.15) is 0 Å². The van der Waals surface area contributed by atoms with Crippen molar-refractivity contribution in [2.24, 2.45) is 0 Å². The van der Waals surface area contributed by atoms with Gasteiger partial charge in [0, 0.05) is 0 Å². The second-order valence-electron chi connectivity index (χ2n) is 5.49. The van der Waals surface area contributed by atoms with Crippen molar-refractivity contribution < 1.29 is 50.0 Å². The highest BCUT2D eigenvalue weighted by molar-refractivity contribution is 9.09. The highest BCUT2D eigenvalue weighted by atomic mass is 79.9. The minimum atomic E-state index is -1.67. The molecule has 0 bridgehead atoms. The van der Waals surface area contributed by atoms with E-state index in [1.54, 1.807) is 0 Å². The zero-order chi connectivity index (χ0) is 17.3. The number of ether oxygens (including phenoxy) is 3. The lowest BCUT2D eigenvalue weighted by atomic mass is 9.97. The molecule has 1 unspecified atom stereocenters. The van der Waals surface area contributed by atoms with Crippen molar-refractivity contribution in [1.29, 1.82) is 0 Å². The first kappa shape index (κ1) is 19.4. The monoisotopic (exact) mass is 404 g/mol. The van der Waals surface area contributed by atoms with Gasteiger partial charge in [-0.15, -0.1) is 0 Å². The second kappa shape index (κ2) is 7.97. The molecule has 2 heterocycles. The molecule has 2 saturated heterocycles. The third-order valence-electron chi connectivity index (χ3n) is 3.95. The van der Waals surface area contributed by atoms with Gasteiger partial charge >= 0.3 is 0 Å². The molecule has 0 amide bonds. The van der Waals surface area contributed by atoms with Crippen LogP contribution in [0.5, 0.6) is 0 Å². The molecule has 23 heavy (non-hydrogen) atoms. The number of hydrogen-bond donors (Lipinski definition) is 7. The summed E-state index contributed by atoms with van der Waals surface area (Å²) in [7, 11) is 0. The third kappa shape index (κ3) is 3.85. The lowest BCUT2D eigenvalue weighted by Crippen LogP contribution is -2.63. The van der Waals surface area contributed by atoms with Crippen LogP contribution in [0.4, 0.5) is 0 Å². The van der Waals surface area contributed by atoms with Crippen LogP contribution in [0.15, 0.2) is 0 Å². The average molecular weight is 405 g/mol. The highest BCUT2D eigenvalue weighted by Gasteiger charge is 2.49. The topological polar surface area (TPSA) is 169 Å². The van der Waals surface area contributed by atoms with Gasteiger partial charge in [-0.25, -0.2) is 0 Å². The fourth-order valence-electron chi connectivity index (χ4n) is 2.54. The Kier molecular flexibility index (Phi) is 6.73. The molecule has 2 fully saturated rings. The molecule has 0 aliphatic carbocycles. The summed E-state index contributed by atoms with van der Waals surface area (Å²) in [5.74, 6) is 0. The van der Waals surface area contributed by atoms with Crippen LogP contribution in [-0.4, -0.2) is 109 Å². The zero-order valence-corrected chi connectivity index (χ0v) is 13.5. The third-order valence-corrected chi connectivity index (χ3v) is 4.70. The van der Waals surface area contributed by atoms with E-state index in [2.05, 4.69) is 15.9 Å². The van der Waals surface area contributed by atoms with E-state index in [0.29, 0.717) is 0 Å². The summed E-state index contributed by atoms with van der Waals surface area (Å²) in [5, 5.41) is 66.7. The maximum absolute atomic E-state index is 10.1. The van der Waals surface area contributed by atoms with E-state index in [1.165, 1.54) is 0 Å². The Morgan fingerprint density at radius 2 is 1.35 bits per heavy atom. The number of hydrogen-bond acceptors (Lipinski definition) is 10. The van der Waals surface area contributed by atoms with E-state index < -0.39 is 73.3 Å². The summed E-state index contributed by atoms with van der Waals surface area (Å²) in [6.45, 7) is -1.18. The minimum Gasteiger partial charge on any atom is -0.394 e. The van der Waals surface area contributed by atoms with E-state index in [0.717, 1.165) is 0 Å². The Morgan fingerprint density at radius 1 is 0.739 bits per heavy atom. The molecule has 0 aromatic heterocycles. The van der Waals surface area contributed by atoms with Gasteiger partial charge in [0.2, 0.25) is 0 Å². The first-order valence-corrected chi connectivity index (χ1v) is 7.95. The van der Waals surface area contributed by atoms with Gasteiger partial charge in [0.05, 0.1) is 13.2 Å². The summed E-state index contributed by atoms with van der Waals surface area (Å²) in [4.78, 5) is 0. The Balaban J connectivity index is 2.11. The summed E-state index contributed by atoms with van der Waals surface area (Å²) in [5.41, 5.74) is 0. The van der Waals surface area contributed by atoms with Crippen LogP contribution in [0, 0.1) is 0 Å². The van der Waals surface area contributed by atoms with Gasteiger partial charge in [-0.2, -0.15) is 0 Å². The normalized spacial score (nSPS) is 51.7. The van der Waals surface area contributed by atoms with E-state index >= 15 is 0 Å². The first-order valence-electron chi connectivity index (χ1n) is 7.04. The molecule has 0 saturated carbocycles. The Morgan fingerprint density at radius 3 is 1.91 bits per heavy atom. The minimum absolute atomic E-state index is 0.548. The summed E-state index contributed by atoms with van der Waals surface area (Å²) < 4.78 is 15.8. The molecule has 2 aliphatic heterocycles. The molecule has 0 radical (unpaired) electrons. The van der Waals surface area contributed by atoms with Crippen molar-refractivity contribution in [1.82, 2.24) is 0 Å². The fourth-order valence-corrected chi connectivity index (χ4v) is 3.13. The molecule has 10 nitrogen and oxygen atoms in total. The smallest absolute Gasteiger partial charge is 0.187 e. The van der Waals surface area contributed by atoms with E-state index in [-0.39, 0.29) is 0 Å². The molecule has 0 spiro atoms. The Labute approximate surface area is 140 Å². The predicted octanol–water partition coefficient (Wildman–Crippen LogP) is -3.99. The molecule has 10 atom stereocenters. The molecule has 2 aliphatic rings. The van der Waals surface area contributed by atoms with Gasteiger partial charge in [-0.1, -0.05) is 15.9 Å². The molecule has 2 rings (SSSR count). The summed E-state index contributed by atoms with van der Waals surface area (Å²) >= 11 is 2.99. The molecule has 11 heteroatoms. The number of rotatable bonds is 4. The zero-order valence-electron chi connectivity index (χ0n) is 11.9. The molecular weight excluding hydrogens is 384 g/mol. The van der Waals surface area contributed by atoms with Crippen LogP contribution < -0.4 is 0 Å². The average Bonchev–Trinajstić information content (AvgIpc) is 2.55. The quantitative estimate of drug-likeness (QED) is 0.229. The summed E-state index contributed by atoms with van der Waals surface area (Å²) in [6.07, 6.45) is -12.7. The van der Waals surface area contributed by atoms with Gasteiger partial charge in [-0.3, -0.25) is 0 Å². The number of aliphatic hydroxyl groups excluding tert-OH is 7. The molecule has 0 aromatic rings. The Hall–Kier alpha value is 0.0800. The van der Waals surface area contributed by atoms with Crippen LogP contribution in [-0.2, 0) is 14.2 Å². The fraction of sp³-hybridized carbons (Fsp3) is 1.00. The highest BCUT2D eigenvalue weighted by Crippen LogP contribution is 2.30. The van der Waals surface area contributed by atoms with Crippen molar-refractivity contribution in [3.8, 4) is 0 Å². The van der Waals surface area contributed by atoms with E-state index in [4.69, 9.17) is 19.3 Å². The lowest BCUT2D eigenvalue weighted by Gasteiger charge is -2.45. The molecule has 7 N–H and O–H groups in total. The van der Waals surface area contributed by atoms with Crippen LogP contribution in [0.25, 0.3) is 0 Å². The molecular formula is C12H21BrO10. The van der Waals surface area contributed by atoms with Gasteiger partial charge in [0.25, 0.3) is 0 Å². The number of alkyl halides is 1. The predicted molar refractivity (Wildman–Crippen MR) is 75.3 cm³/mol.